The Hall–Kier alpha value is -0.610. The van der Waals surface area contributed by atoms with Crippen LogP contribution in [0.15, 0.2) is 0 Å². The van der Waals surface area contributed by atoms with Gasteiger partial charge in [0.2, 0.25) is 5.91 Å². The number of amides is 1. The Balaban J connectivity index is 2.43. The van der Waals surface area contributed by atoms with Crippen LogP contribution in [0.4, 0.5) is 0 Å². The minimum atomic E-state index is 0.0681. The number of rotatable bonds is 1. The molecule has 1 saturated heterocycles. The number of carbonyl (C=O) groups excluding carboxylic acids is 1. The normalized spacial score (nSPS) is 19.9. The van der Waals surface area contributed by atoms with Crippen LogP contribution in [-0.2, 0) is 4.79 Å². The maximum absolute atomic E-state index is 11.3. The van der Waals surface area contributed by atoms with Crippen LogP contribution >= 0.6 is 0 Å². The molecule has 1 heterocycles. The molecule has 1 fully saturated rings. The molecule has 1 aliphatic heterocycles. The van der Waals surface area contributed by atoms with Gasteiger partial charge in [-0.3, -0.25) is 9.69 Å². The SMILES string of the molecule is CC(C)(C)N1CCN(C(=O)CN)CC1. The van der Waals surface area contributed by atoms with Gasteiger partial charge >= 0.3 is 0 Å². The van der Waals surface area contributed by atoms with E-state index in [2.05, 4.69) is 25.7 Å². The number of hydrogen-bond acceptors (Lipinski definition) is 3. The first-order valence-corrected chi connectivity index (χ1v) is 5.18. The molecule has 0 atom stereocenters. The van der Waals surface area contributed by atoms with Gasteiger partial charge in [-0.15, -0.1) is 0 Å². The number of hydrogen-bond donors (Lipinski definition) is 1. The summed E-state index contributed by atoms with van der Waals surface area (Å²) in [6.45, 7) is 10.3. The largest absolute Gasteiger partial charge is 0.339 e. The third kappa shape index (κ3) is 2.69. The summed E-state index contributed by atoms with van der Waals surface area (Å²) in [6, 6.07) is 0. The van der Waals surface area contributed by atoms with E-state index in [4.69, 9.17) is 5.73 Å². The molecule has 0 aromatic carbocycles. The van der Waals surface area contributed by atoms with Gasteiger partial charge in [-0.25, -0.2) is 0 Å². The van der Waals surface area contributed by atoms with Crippen LogP contribution in [-0.4, -0.2) is 54.0 Å². The summed E-state index contributed by atoms with van der Waals surface area (Å²) in [7, 11) is 0. The molecule has 82 valence electrons. The molecule has 0 saturated carbocycles. The Morgan fingerprint density at radius 3 is 2.07 bits per heavy atom. The van der Waals surface area contributed by atoms with Crippen LogP contribution in [0.25, 0.3) is 0 Å². The van der Waals surface area contributed by atoms with Gasteiger partial charge in [0.25, 0.3) is 0 Å². The lowest BCUT2D eigenvalue weighted by atomic mass is 10.1. The average molecular weight is 199 g/mol. The molecule has 0 spiro atoms. The summed E-state index contributed by atoms with van der Waals surface area (Å²) < 4.78 is 0. The maximum Gasteiger partial charge on any atom is 0.236 e. The zero-order chi connectivity index (χ0) is 10.8. The number of carbonyl (C=O) groups is 1. The highest BCUT2D eigenvalue weighted by molar-refractivity contribution is 5.78. The topological polar surface area (TPSA) is 49.6 Å². The lowest BCUT2D eigenvalue weighted by molar-refractivity contribution is -0.132. The van der Waals surface area contributed by atoms with Crippen molar-refractivity contribution in [3.8, 4) is 0 Å². The molecular weight excluding hydrogens is 178 g/mol. The molecule has 1 rings (SSSR count). The standard InChI is InChI=1S/C10H21N3O/c1-10(2,3)13-6-4-12(5-7-13)9(14)8-11/h4-8,11H2,1-3H3. The Bertz CT molecular complexity index is 202. The van der Waals surface area contributed by atoms with E-state index >= 15 is 0 Å². The Morgan fingerprint density at radius 1 is 1.21 bits per heavy atom. The third-order valence-corrected chi connectivity index (χ3v) is 2.76. The highest BCUT2D eigenvalue weighted by Gasteiger charge is 2.26. The van der Waals surface area contributed by atoms with Crippen molar-refractivity contribution < 1.29 is 4.79 Å². The summed E-state index contributed by atoms with van der Waals surface area (Å²) in [5, 5.41) is 0. The summed E-state index contributed by atoms with van der Waals surface area (Å²) in [6.07, 6.45) is 0. The fourth-order valence-corrected chi connectivity index (χ4v) is 1.76. The lowest BCUT2D eigenvalue weighted by Crippen LogP contribution is -2.55. The molecule has 1 amide bonds. The van der Waals surface area contributed by atoms with Crippen molar-refractivity contribution in [2.24, 2.45) is 5.73 Å². The van der Waals surface area contributed by atoms with Gasteiger partial charge in [-0.2, -0.15) is 0 Å². The summed E-state index contributed by atoms with van der Waals surface area (Å²) in [5.41, 5.74) is 5.52. The van der Waals surface area contributed by atoms with E-state index in [9.17, 15) is 4.79 Å². The molecule has 0 radical (unpaired) electrons. The Kier molecular flexibility index (Phi) is 3.50. The van der Waals surface area contributed by atoms with Crippen molar-refractivity contribution in [1.82, 2.24) is 9.80 Å². The van der Waals surface area contributed by atoms with E-state index < -0.39 is 0 Å². The smallest absolute Gasteiger partial charge is 0.236 e. The highest BCUT2D eigenvalue weighted by Crippen LogP contribution is 2.15. The van der Waals surface area contributed by atoms with Crippen molar-refractivity contribution in [1.29, 1.82) is 0 Å². The van der Waals surface area contributed by atoms with Gasteiger partial charge in [-0.05, 0) is 20.8 Å². The minimum Gasteiger partial charge on any atom is -0.339 e. The van der Waals surface area contributed by atoms with Crippen LogP contribution < -0.4 is 5.73 Å². The molecule has 1 aliphatic rings. The molecule has 0 aliphatic carbocycles. The van der Waals surface area contributed by atoms with Gasteiger partial charge in [0.15, 0.2) is 0 Å². The molecule has 0 bridgehead atoms. The second kappa shape index (κ2) is 4.28. The third-order valence-electron chi connectivity index (χ3n) is 2.76. The summed E-state index contributed by atoms with van der Waals surface area (Å²) >= 11 is 0. The minimum absolute atomic E-state index is 0.0681. The van der Waals surface area contributed by atoms with Gasteiger partial charge in [0.1, 0.15) is 0 Å². The molecule has 0 aromatic heterocycles. The Labute approximate surface area is 86.0 Å². The summed E-state index contributed by atoms with van der Waals surface area (Å²) in [5.74, 6) is 0.0681. The number of piperazine rings is 1. The molecule has 4 nitrogen and oxygen atoms in total. The van der Waals surface area contributed by atoms with E-state index in [-0.39, 0.29) is 18.0 Å². The first-order valence-electron chi connectivity index (χ1n) is 5.18. The zero-order valence-electron chi connectivity index (χ0n) is 9.42. The predicted molar refractivity (Wildman–Crippen MR) is 57.0 cm³/mol. The van der Waals surface area contributed by atoms with Crippen LogP contribution in [0.1, 0.15) is 20.8 Å². The van der Waals surface area contributed by atoms with Crippen LogP contribution in [0, 0.1) is 0 Å². The molecule has 2 N–H and O–H groups in total. The van der Waals surface area contributed by atoms with Crippen molar-refractivity contribution in [3.05, 3.63) is 0 Å². The fourth-order valence-electron chi connectivity index (χ4n) is 1.76. The average Bonchev–Trinajstić information content (AvgIpc) is 2.15. The first-order chi connectivity index (χ1) is 6.45. The fraction of sp³-hybridized carbons (Fsp3) is 0.900. The van der Waals surface area contributed by atoms with Gasteiger partial charge in [-0.1, -0.05) is 0 Å². The maximum atomic E-state index is 11.3. The molecule has 0 aromatic rings. The van der Waals surface area contributed by atoms with Crippen LogP contribution in [0.2, 0.25) is 0 Å². The van der Waals surface area contributed by atoms with Crippen molar-refractivity contribution in [2.45, 2.75) is 26.3 Å². The van der Waals surface area contributed by atoms with E-state index in [1.165, 1.54) is 0 Å². The van der Waals surface area contributed by atoms with E-state index in [0.29, 0.717) is 0 Å². The van der Waals surface area contributed by atoms with Gasteiger partial charge in [0, 0.05) is 31.7 Å². The van der Waals surface area contributed by atoms with Crippen molar-refractivity contribution in [3.63, 3.8) is 0 Å². The second-order valence-electron chi connectivity index (χ2n) is 4.74. The molecular formula is C10H21N3O. The zero-order valence-corrected chi connectivity index (χ0v) is 9.42. The van der Waals surface area contributed by atoms with Crippen molar-refractivity contribution in [2.75, 3.05) is 32.7 Å². The van der Waals surface area contributed by atoms with Gasteiger partial charge in [0.05, 0.1) is 6.54 Å². The molecule has 14 heavy (non-hydrogen) atoms. The molecule has 4 heteroatoms. The van der Waals surface area contributed by atoms with E-state index in [1.807, 2.05) is 4.90 Å². The lowest BCUT2D eigenvalue weighted by Gasteiger charge is -2.42. The quantitative estimate of drug-likeness (QED) is 0.641. The Morgan fingerprint density at radius 2 is 1.71 bits per heavy atom. The number of nitrogens with zero attached hydrogens (tertiary/aromatic N) is 2. The monoisotopic (exact) mass is 199 g/mol. The van der Waals surface area contributed by atoms with Gasteiger partial charge < -0.3 is 10.6 Å². The van der Waals surface area contributed by atoms with Crippen LogP contribution in [0.3, 0.4) is 0 Å². The predicted octanol–water partition coefficient (Wildman–Crippen LogP) is -0.112. The van der Waals surface area contributed by atoms with E-state index in [1.54, 1.807) is 0 Å². The number of nitrogens with two attached hydrogens (primary N) is 1. The highest BCUT2D eigenvalue weighted by atomic mass is 16.2. The van der Waals surface area contributed by atoms with Crippen molar-refractivity contribution >= 4 is 5.91 Å². The molecule has 0 unspecified atom stereocenters. The first kappa shape index (κ1) is 11.5. The van der Waals surface area contributed by atoms with E-state index in [0.717, 1.165) is 26.2 Å². The second-order valence-corrected chi connectivity index (χ2v) is 4.74. The summed E-state index contributed by atoms with van der Waals surface area (Å²) in [4.78, 5) is 15.6. The van der Waals surface area contributed by atoms with Crippen LogP contribution in [0.5, 0.6) is 0 Å².